The second kappa shape index (κ2) is 11.1. The molecule has 1 aliphatic heterocycles. The minimum absolute atomic E-state index is 0.0247. The molecule has 0 radical (unpaired) electrons. The van der Waals surface area contributed by atoms with E-state index >= 15 is 0 Å². The lowest BCUT2D eigenvalue weighted by Crippen LogP contribution is -2.25. The quantitative estimate of drug-likeness (QED) is 0.381. The fourth-order valence-electron chi connectivity index (χ4n) is 3.52. The summed E-state index contributed by atoms with van der Waals surface area (Å²) in [6.07, 6.45) is 5.60. The van der Waals surface area contributed by atoms with Crippen LogP contribution in [0.1, 0.15) is 28.8 Å². The van der Waals surface area contributed by atoms with Crippen LogP contribution < -0.4 is 20.5 Å². The number of amides is 1. The molecule has 4 rings (SSSR count). The smallest absolute Gasteiger partial charge is 0.257 e. The van der Waals surface area contributed by atoms with Gasteiger partial charge in [-0.05, 0) is 49.6 Å². The van der Waals surface area contributed by atoms with E-state index in [9.17, 15) is 13.6 Å². The van der Waals surface area contributed by atoms with Crippen molar-refractivity contribution in [3.63, 3.8) is 0 Å². The maximum Gasteiger partial charge on any atom is 0.257 e. The van der Waals surface area contributed by atoms with Gasteiger partial charge in [-0.3, -0.25) is 14.7 Å². The molecular weight excluding hydrogens is 532 g/mol. The molecule has 12 heteroatoms. The lowest BCUT2D eigenvalue weighted by Gasteiger charge is -2.15. The molecule has 0 aliphatic carbocycles. The zero-order valence-electron chi connectivity index (χ0n) is 18.0. The molecule has 0 spiro atoms. The Labute approximate surface area is 207 Å². The van der Waals surface area contributed by atoms with Crippen molar-refractivity contribution in [3.05, 3.63) is 57.8 Å². The number of likely N-dealkylation sites (tertiary alicyclic amines) is 1. The summed E-state index contributed by atoms with van der Waals surface area (Å²) in [5.74, 6) is -1.91. The highest BCUT2D eigenvalue weighted by Gasteiger charge is 2.22. The van der Waals surface area contributed by atoms with Crippen LogP contribution in [0.2, 0.25) is 0 Å². The van der Waals surface area contributed by atoms with Crippen LogP contribution in [0.25, 0.3) is 0 Å². The van der Waals surface area contributed by atoms with E-state index in [1.165, 1.54) is 12.8 Å². The van der Waals surface area contributed by atoms with Gasteiger partial charge in [0.15, 0.2) is 0 Å². The minimum atomic E-state index is -0.797. The van der Waals surface area contributed by atoms with Gasteiger partial charge in [0.1, 0.15) is 41.2 Å². The molecule has 0 bridgehead atoms. The summed E-state index contributed by atoms with van der Waals surface area (Å²) in [6, 6.07) is 3.99. The Kier molecular flexibility index (Phi) is 7.91. The van der Waals surface area contributed by atoms with Crippen LogP contribution in [-0.2, 0) is 6.61 Å². The topological polar surface area (TPSA) is 103 Å². The van der Waals surface area contributed by atoms with E-state index in [4.69, 9.17) is 15.2 Å². The van der Waals surface area contributed by atoms with E-state index in [1.807, 2.05) is 0 Å². The predicted molar refractivity (Wildman–Crippen MR) is 128 cm³/mol. The first-order valence-corrected chi connectivity index (χ1v) is 12.1. The van der Waals surface area contributed by atoms with Gasteiger partial charge in [-0.1, -0.05) is 15.9 Å². The van der Waals surface area contributed by atoms with Crippen molar-refractivity contribution in [2.45, 2.75) is 19.4 Å². The van der Waals surface area contributed by atoms with Crippen molar-refractivity contribution < 1.29 is 23.0 Å². The number of ether oxygens (including phenoxy) is 2. The maximum atomic E-state index is 14.1. The Bertz CT molecular complexity index is 1150. The summed E-state index contributed by atoms with van der Waals surface area (Å²) in [7, 11) is 0. The molecule has 1 aromatic carbocycles. The molecule has 3 heterocycles. The Morgan fingerprint density at radius 2 is 1.91 bits per heavy atom. The van der Waals surface area contributed by atoms with Gasteiger partial charge < -0.3 is 20.5 Å². The number of hydrogen-bond donors (Lipinski definition) is 2. The SMILES string of the molecule is NC(=O)c1c(OCc2c(F)cc(Br)cc2F)nsc1Nc1cncc(OCCN2CCCC2)c1. The third kappa shape index (κ3) is 5.99. The molecule has 34 heavy (non-hydrogen) atoms. The van der Waals surface area contributed by atoms with E-state index in [-0.39, 0.29) is 21.5 Å². The number of aromatic nitrogens is 2. The molecule has 0 unspecified atom stereocenters. The van der Waals surface area contributed by atoms with Crippen LogP contribution in [0.15, 0.2) is 35.1 Å². The first kappa shape index (κ1) is 24.3. The van der Waals surface area contributed by atoms with E-state index in [1.54, 1.807) is 18.5 Å². The third-order valence-corrected chi connectivity index (χ3v) is 6.42. The van der Waals surface area contributed by atoms with E-state index in [0.29, 0.717) is 23.0 Å². The number of hydrogen-bond acceptors (Lipinski definition) is 8. The monoisotopic (exact) mass is 553 g/mol. The number of nitrogens with zero attached hydrogens (tertiary/aromatic N) is 3. The van der Waals surface area contributed by atoms with Crippen LogP contribution in [0.4, 0.5) is 19.5 Å². The number of primary amides is 1. The number of anilines is 2. The fourth-order valence-corrected chi connectivity index (χ4v) is 4.69. The van der Waals surface area contributed by atoms with Crippen molar-refractivity contribution in [2.24, 2.45) is 5.73 Å². The third-order valence-electron chi connectivity index (χ3n) is 5.21. The zero-order valence-corrected chi connectivity index (χ0v) is 20.4. The highest BCUT2D eigenvalue weighted by molar-refractivity contribution is 9.10. The molecule has 0 atom stereocenters. The lowest BCUT2D eigenvalue weighted by molar-refractivity contribution is 0.0996. The predicted octanol–water partition coefficient (Wildman–Crippen LogP) is 4.47. The van der Waals surface area contributed by atoms with Crippen LogP contribution in [-0.4, -0.2) is 46.4 Å². The van der Waals surface area contributed by atoms with Crippen LogP contribution >= 0.6 is 27.5 Å². The molecule has 2 aromatic heterocycles. The van der Waals surface area contributed by atoms with Gasteiger partial charge in [0.25, 0.3) is 5.91 Å². The Morgan fingerprint density at radius 3 is 2.62 bits per heavy atom. The number of pyridine rings is 1. The molecule has 8 nitrogen and oxygen atoms in total. The van der Waals surface area contributed by atoms with Crippen LogP contribution in [0.5, 0.6) is 11.6 Å². The molecule has 0 saturated carbocycles. The molecule has 1 aliphatic rings. The number of benzene rings is 1. The number of carbonyl (C=O) groups is 1. The number of halogens is 3. The average Bonchev–Trinajstić information content (AvgIpc) is 3.43. The van der Waals surface area contributed by atoms with Crippen molar-refractivity contribution in [1.82, 2.24) is 14.3 Å². The lowest BCUT2D eigenvalue weighted by atomic mass is 10.2. The molecule has 1 amide bonds. The van der Waals surface area contributed by atoms with Gasteiger partial charge in [0.2, 0.25) is 5.88 Å². The van der Waals surface area contributed by atoms with Crippen molar-refractivity contribution in [2.75, 3.05) is 31.6 Å². The summed E-state index contributed by atoms with van der Waals surface area (Å²) in [4.78, 5) is 18.6. The van der Waals surface area contributed by atoms with Gasteiger partial charge in [-0.25, -0.2) is 8.78 Å². The second-order valence-corrected chi connectivity index (χ2v) is 9.31. The molecule has 3 N–H and O–H groups in total. The molecular formula is C22H22BrF2N5O3S. The molecule has 1 saturated heterocycles. The highest BCUT2D eigenvalue weighted by Crippen LogP contribution is 2.34. The standard InChI is InChI=1S/C22H22BrF2N5O3S/c23-13-7-17(24)16(18(25)8-13)12-33-21-19(20(26)31)22(34-29-21)28-14-9-15(11-27-10-14)32-6-5-30-3-1-2-4-30/h7-11,28H,1-6,12H2,(H2,26,31). The van der Waals surface area contributed by atoms with E-state index in [2.05, 4.69) is 35.5 Å². The molecule has 1 fully saturated rings. The number of rotatable bonds is 10. The van der Waals surface area contributed by atoms with Gasteiger partial charge in [0, 0.05) is 17.1 Å². The highest BCUT2D eigenvalue weighted by atomic mass is 79.9. The van der Waals surface area contributed by atoms with E-state index < -0.39 is 24.1 Å². The second-order valence-electron chi connectivity index (χ2n) is 7.62. The normalized spacial score (nSPS) is 13.7. The summed E-state index contributed by atoms with van der Waals surface area (Å²) in [5.41, 5.74) is 5.77. The Balaban J connectivity index is 1.43. The minimum Gasteiger partial charge on any atom is -0.491 e. The Hall–Kier alpha value is -2.83. The fraction of sp³-hybridized carbons (Fsp3) is 0.318. The van der Waals surface area contributed by atoms with Gasteiger partial charge in [0.05, 0.1) is 23.6 Å². The Morgan fingerprint density at radius 1 is 1.18 bits per heavy atom. The van der Waals surface area contributed by atoms with E-state index in [0.717, 1.165) is 43.3 Å². The van der Waals surface area contributed by atoms with Gasteiger partial charge in [-0.2, -0.15) is 4.37 Å². The van der Waals surface area contributed by atoms with Crippen molar-refractivity contribution in [3.8, 4) is 11.6 Å². The number of nitrogens with one attached hydrogen (secondary N) is 1. The summed E-state index contributed by atoms with van der Waals surface area (Å²) in [5, 5.41) is 3.36. The molecule has 180 valence electrons. The van der Waals surface area contributed by atoms with Crippen molar-refractivity contribution in [1.29, 1.82) is 0 Å². The first-order chi connectivity index (χ1) is 16.4. The zero-order chi connectivity index (χ0) is 24.1. The number of nitrogens with two attached hydrogens (primary N) is 1. The average molecular weight is 554 g/mol. The molecule has 3 aromatic rings. The maximum absolute atomic E-state index is 14.1. The van der Waals surface area contributed by atoms with Crippen molar-refractivity contribution >= 4 is 44.1 Å². The summed E-state index contributed by atoms with van der Waals surface area (Å²) < 4.78 is 43.8. The summed E-state index contributed by atoms with van der Waals surface area (Å²) >= 11 is 3.95. The largest absolute Gasteiger partial charge is 0.491 e. The first-order valence-electron chi connectivity index (χ1n) is 10.5. The van der Waals surface area contributed by atoms with Crippen LogP contribution in [0.3, 0.4) is 0 Å². The van der Waals surface area contributed by atoms with Gasteiger partial charge >= 0.3 is 0 Å². The number of carbonyl (C=O) groups excluding carboxylic acids is 1. The van der Waals surface area contributed by atoms with Crippen LogP contribution in [0, 0.1) is 11.6 Å². The summed E-state index contributed by atoms with van der Waals surface area (Å²) in [6.45, 7) is 3.11. The van der Waals surface area contributed by atoms with Gasteiger partial charge in [-0.15, -0.1) is 0 Å².